The largest absolute Gasteiger partial charge is 0.507 e. The van der Waals surface area contributed by atoms with Crippen molar-refractivity contribution in [2.75, 3.05) is 6.26 Å². The molecule has 0 aliphatic carbocycles. The third-order valence-corrected chi connectivity index (χ3v) is 3.66. The first kappa shape index (κ1) is 14.1. The molecule has 0 saturated carbocycles. The normalized spacial score (nSPS) is 16.4. The summed E-state index contributed by atoms with van der Waals surface area (Å²) in [5.74, 6) is 0.0247. The van der Waals surface area contributed by atoms with Crippen LogP contribution in [0, 0.1) is 5.41 Å². The molecule has 2 rings (SSSR count). The maximum Gasteiger partial charge on any atom is 0.126 e. The molecule has 6 heteroatoms. The van der Waals surface area contributed by atoms with E-state index < -0.39 is 0 Å². The molecule has 20 heavy (non-hydrogen) atoms. The van der Waals surface area contributed by atoms with Crippen molar-refractivity contribution in [1.29, 1.82) is 5.41 Å². The lowest BCUT2D eigenvalue weighted by molar-refractivity contribution is 0.472. The Labute approximate surface area is 121 Å². The Morgan fingerprint density at radius 2 is 2.10 bits per heavy atom. The predicted octanol–water partition coefficient (Wildman–Crippen LogP) is 1.72. The van der Waals surface area contributed by atoms with Gasteiger partial charge in [0.15, 0.2) is 0 Å². The second-order valence-electron chi connectivity index (χ2n) is 4.18. The van der Waals surface area contributed by atoms with Crippen LogP contribution in [0.5, 0.6) is 5.75 Å². The van der Waals surface area contributed by atoms with E-state index in [4.69, 9.17) is 16.9 Å². The van der Waals surface area contributed by atoms with Gasteiger partial charge in [0.25, 0.3) is 0 Å². The molecule has 0 spiro atoms. The van der Waals surface area contributed by atoms with Gasteiger partial charge >= 0.3 is 0 Å². The summed E-state index contributed by atoms with van der Waals surface area (Å²) in [5.41, 5.74) is 13.7. The van der Waals surface area contributed by atoms with Gasteiger partial charge in [0, 0.05) is 34.0 Å². The van der Waals surface area contributed by atoms with Crippen molar-refractivity contribution in [3.8, 4) is 5.75 Å². The zero-order chi connectivity index (χ0) is 14.7. The molecule has 1 aliphatic rings. The number of rotatable bonds is 3. The number of hydrogen-bond donors (Lipinski definition) is 5. The molecular formula is C14H16N4OS. The molecular weight excluding hydrogens is 272 g/mol. The number of phenols is 1. The van der Waals surface area contributed by atoms with E-state index in [9.17, 15) is 5.11 Å². The highest BCUT2D eigenvalue weighted by atomic mass is 32.2. The van der Waals surface area contributed by atoms with Gasteiger partial charge in [-0.2, -0.15) is 0 Å². The molecule has 0 bridgehead atoms. The number of allylic oxidation sites excluding steroid dienone is 1. The van der Waals surface area contributed by atoms with Crippen molar-refractivity contribution in [3.63, 3.8) is 0 Å². The number of aromatic hydroxyl groups is 1. The minimum Gasteiger partial charge on any atom is -0.507 e. The van der Waals surface area contributed by atoms with Gasteiger partial charge in [0.05, 0.1) is 5.70 Å². The lowest BCUT2D eigenvalue weighted by Gasteiger charge is -2.16. The van der Waals surface area contributed by atoms with E-state index in [2.05, 4.69) is 5.32 Å². The van der Waals surface area contributed by atoms with Crippen LogP contribution < -0.4 is 16.8 Å². The number of thioether (sulfide) groups is 1. The highest BCUT2D eigenvalue weighted by Crippen LogP contribution is 2.31. The fourth-order valence-corrected chi connectivity index (χ4v) is 2.33. The first-order chi connectivity index (χ1) is 9.54. The zero-order valence-corrected chi connectivity index (χ0v) is 11.8. The monoisotopic (exact) mass is 288 g/mol. The summed E-state index contributed by atoms with van der Waals surface area (Å²) in [6.45, 7) is 0. The molecule has 0 aromatic heterocycles. The van der Waals surface area contributed by atoms with Crippen LogP contribution in [0.4, 0.5) is 0 Å². The number of benzene rings is 1. The van der Waals surface area contributed by atoms with Crippen LogP contribution in [0.25, 0.3) is 5.70 Å². The molecule has 1 aliphatic heterocycles. The van der Waals surface area contributed by atoms with Crippen LogP contribution in [0.1, 0.15) is 5.56 Å². The Morgan fingerprint density at radius 1 is 1.35 bits per heavy atom. The Hall–Kier alpha value is -2.34. The van der Waals surface area contributed by atoms with Crippen LogP contribution in [0.2, 0.25) is 0 Å². The molecule has 1 aromatic carbocycles. The molecule has 1 aromatic rings. The van der Waals surface area contributed by atoms with E-state index in [0.29, 0.717) is 22.4 Å². The Morgan fingerprint density at radius 3 is 2.70 bits per heavy atom. The van der Waals surface area contributed by atoms with Crippen molar-refractivity contribution in [1.82, 2.24) is 5.32 Å². The van der Waals surface area contributed by atoms with Gasteiger partial charge in [0.1, 0.15) is 11.6 Å². The van der Waals surface area contributed by atoms with E-state index in [-0.39, 0.29) is 11.6 Å². The van der Waals surface area contributed by atoms with Crippen LogP contribution in [-0.4, -0.2) is 17.2 Å². The standard InChI is InChI=1S/C14H16N4OS/c1-20-8-2-3-10(12(19)6-8)13(15)9-4-5-18-7-11(9)14(16)17/h2-7,18-19H,15H2,1H3,(H3,16,17)/b13-9-. The highest BCUT2D eigenvalue weighted by Gasteiger charge is 2.16. The molecule has 0 saturated heterocycles. The summed E-state index contributed by atoms with van der Waals surface area (Å²) in [6.07, 6.45) is 6.97. The minimum absolute atomic E-state index is 0.0833. The third-order valence-electron chi connectivity index (χ3n) is 2.94. The number of nitrogens with one attached hydrogen (secondary N) is 2. The van der Waals surface area contributed by atoms with Crippen LogP contribution in [-0.2, 0) is 0 Å². The molecule has 0 fully saturated rings. The quantitative estimate of drug-likeness (QED) is 0.331. The van der Waals surface area contributed by atoms with Gasteiger partial charge in [0.2, 0.25) is 0 Å². The molecule has 0 atom stereocenters. The first-order valence-electron chi connectivity index (χ1n) is 5.89. The van der Waals surface area contributed by atoms with Crippen LogP contribution in [0.15, 0.2) is 52.7 Å². The summed E-state index contributed by atoms with van der Waals surface area (Å²) in [7, 11) is 0. The molecule has 0 radical (unpaired) electrons. The fraction of sp³-hybridized carbons (Fsp3) is 0.0714. The molecule has 0 amide bonds. The maximum absolute atomic E-state index is 10.1. The van der Waals surface area contributed by atoms with E-state index in [1.807, 2.05) is 12.3 Å². The number of phenolic OH excluding ortho intramolecular Hbond substituents is 1. The fourth-order valence-electron chi connectivity index (χ4n) is 1.90. The van der Waals surface area contributed by atoms with Gasteiger partial charge in [-0.3, -0.25) is 5.41 Å². The van der Waals surface area contributed by atoms with Gasteiger partial charge in [-0.15, -0.1) is 11.8 Å². The number of dihydropyridines is 1. The smallest absolute Gasteiger partial charge is 0.126 e. The summed E-state index contributed by atoms with van der Waals surface area (Å²) in [4.78, 5) is 0.951. The summed E-state index contributed by atoms with van der Waals surface area (Å²) < 4.78 is 0. The molecule has 0 unspecified atom stereocenters. The summed E-state index contributed by atoms with van der Waals surface area (Å²) in [5, 5.41) is 20.5. The van der Waals surface area contributed by atoms with Crippen molar-refractivity contribution >= 4 is 23.3 Å². The highest BCUT2D eigenvalue weighted by molar-refractivity contribution is 7.98. The Kier molecular flexibility index (Phi) is 4.05. The second-order valence-corrected chi connectivity index (χ2v) is 5.06. The second kappa shape index (κ2) is 5.75. The van der Waals surface area contributed by atoms with Crippen molar-refractivity contribution < 1.29 is 5.11 Å². The van der Waals surface area contributed by atoms with Crippen molar-refractivity contribution in [2.24, 2.45) is 11.5 Å². The number of amidine groups is 1. The maximum atomic E-state index is 10.1. The van der Waals surface area contributed by atoms with E-state index in [1.165, 1.54) is 11.8 Å². The third kappa shape index (κ3) is 2.65. The molecule has 5 nitrogen and oxygen atoms in total. The van der Waals surface area contributed by atoms with Gasteiger partial charge in [-0.05, 0) is 30.5 Å². The van der Waals surface area contributed by atoms with Gasteiger partial charge < -0.3 is 21.9 Å². The average Bonchev–Trinajstić information content (AvgIpc) is 2.46. The molecule has 7 N–H and O–H groups in total. The number of hydrogen-bond acceptors (Lipinski definition) is 5. The lowest BCUT2D eigenvalue weighted by atomic mass is 9.98. The topological polar surface area (TPSA) is 108 Å². The van der Waals surface area contributed by atoms with Crippen molar-refractivity contribution in [3.05, 3.63) is 53.4 Å². The van der Waals surface area contributed by atoms with Crippen LogP contribution >= 0.6 is 11.8 Å². The Bertz CT molecular complexity index is 647. The molecule has 1 heterocycles. The van der Waals surface area contributed by atoms with Gasteiger partial charge in [-0.1, -0.05) is 0 Å². The van der Waals surface area contributed by atoms with E-state index in [1.54, 1.807) is 30.6 Å². The summed E-state index contributed by atoms with van der Waals surface area (Å²) >= 11 is 1.54. The van der Waals surface area contributed by atoms with Crippen LogP contribution in [0.3, 0.4) is 0 Å². The predicted molar refractivity (Wildman–Crippen MR) is 83.3 cm³/mol. The SMILES string of the molecule is CSc1ccc(/C(N)=C2\C=CNC=C2C(=N)N)c(O)c1. The first-order valence-corrected chi connectivity index (χ1v) is 7.11. The Balaban J connectivity index is 2.53. The van der Waals surface area contributed by atoms with E-state index >= 15 is 0 Å². The number of nitrogens with two attached hydrogens (primary N) is 2. The lowest BCUT2D eigenvalue weighted by Crippen LogP contribution is -2.20. The zero-order valence-electron chi connectivity index (χ0n) is 11.0. The average molecular weight is 288 g/mol. The van der Waals surface area contributed by atoms with E-state index in [0.717, 1.165) is 4.90 Å². The van der Waals surface area contributed by atoms with Crippen molar-refractivity contribution in [2.45, 2.75) is 4.90 Å². The summed E-state index contributed by atoms with van der Waals surface area (Å²) in [6, 6.07) is 5.31. The molecule has 104 valence electrons. The van der Waals surface area contributed by atoms with Gasteiger partial charge in [-0.25, -0.2) is 0 Å². The minimum atomic E-state index is -0.0833.